The van der Waals surface area contributed by atoms with Gasteiger partial charge in [-0.25, -0.2) is 4.98 Å². The number of hydrogen-bond donors (Lipinski definition) is 2. The average molecular weight is 238 g/mol. The smallest absolute Gasteiger partial charge is 0.290 e. The van der Waals surface area contributed by atoms with Crippen LogP contribution in [0, 0.1) is 17.0 Å². The number of hydrogen-bond acceptors (Lipinski definition) is 5. The van der Waals surface area contributed by atoms with Crippen LogP contribution in [0.15, 0.2) is 12.1 Å². The first-order valence-electron chi connectivity index (χ1n) is 5.06. The zero-order valence-corrected chi connectivity index (χ0v) is 9.85. The van der Waals surface area contributed by atoms with Crippen LogP contribution in [0.2, 0.25) is 0 Å². The quantitative estimate of drug-likeness (QED) is 0.598. The molecule has 7 heteroatoms. The molecule has 1 unspecified atom stereocenters. The zero-order valence-electron chi connectivity index (χ0n) is 9.85. The monoisotopic (exact) mass is 238 g/mol. The Hall–Kier alpha value is -2.18. The Morgan fingerprint density at radius 3 is 2.65 bits per heavy atom. The number of carbonyl (C=O) groups excluding carboxylic acids is 1. The lowest BCUT2D eigenvalue weighted by atomic mass is 10.3. The van der Waals surface area contributed by atoms with Gasteiger partial charge in [0.05, 0.1) is 4.92 Å². The Labute approximate surface area is 98.4 Å². The molecule has 0 bridgehead atoms. The first-order valence-corrected chi connectivity index (χ1v) is 5.06. The molecule has 0 aromatic carbocycles. The molecule has 1 rings (SSSR count). The Kier molecular flexibility index (Phi) is 3.97. The second kappa shape index (κ2) is 5.24. The van der Waals surface area contributed by atoms with Crippen molar-refractivity contribution in [2.75, 3.05) is 12.4 Å². The lowest BCUT2D eigenvalue weighted by Crippen LogP contribution is -2.35. The SMILES string of the molecule is CNC(=O)C(C)Nc1ccc([N+](=O)[O-])c(C)n1. The van der Waals surface area contributed by atoms with Crippen molar-refractivity contribution in [2.24, 2.45) is 0 Å². The van der Waals surface area contributed by atoms with Crippen LogP contribution in [0.4, 0.5) is 11.5 Å². The second-order valence-corrected chi connectivity index (χ2v) is 3.54. The summed E-state index contributed by atoms with van der Waals surface area (Å²) in [5, 5.41) is 15.9. The summed E-state index contributed by atoms with van der Waals surface area (Å²) in [6.45, 7) is 3.23. The molecule has 0 aliphatic heterocycles. The van der Waals surface area contributed by atoms with Crippen molar-refractivity contribution in [3.05, 3.63) is 27.9 Å². The van der Waals surface area contributed by atoms with Crippen molar-refractivity contribution in [2.45, 2.75) is 19.9 Å². The molecule has 1 aromatic rings. The van der Waals surface area contributed by atoms with Crippen molar-refractivity contribution < 1.29 is 9.72 Å². The van der Waals surface area contributed by atoms with Crippen molar-refractivity contribution in [3.8, 4) is 0 Å². The predicted molar refractivity (Wildman–Crippen MR) is 62.8 cm³/mol. The number of rotatable bonds is 4. The fraction of sp³-hybridized carbons (Fsp3) is 0.400. The van der Waals surface area contributed by atoms with E-state index in [0.29, 0.717) is 11.5 Å². The van der Waals surface area contributed by atoms with Crippen molar-refractivity contribution in [1.82, 2.24) is 10.3 Å². The van der Waals surface area contributed by atoms with Gasteiger partial charge in [-0.05, 0) is 19.9 Å². The number of nitrogens with zero attached hydrogens (tertiary/aromatic N) is 2. The van der Waals surface area contributed by atoms with Gasteiger partial charge in [0, 0.05) is 13.1 Å². The molecular formula is C10H14N4O3. The maximum atomic E-state index is 11.3. The fourth-order valence-electron chi connectivity index (χ4n) is 1.33. The summed E-state index contributed by atoms with van der Waals surface area (Å²) < 4.78 is 0. The van der Waals surface area contributed by atoms with Crippen LogP contribution in [0.1, 0.15) is 12.6 Å². The molecule has 1 aromatic heterocycles. The van der Waals surface area contributed by atoms with Gasteiger partial charge in [-0.15, -0.1) is 0 Å². The molecule has 7 nitrogen and oxygen atoms in total. The minimum Gasteiger partial charge on any atom is -0.359 e. The van der Waals surface area contributed by atoms with Crippen LogP contribution in [0.3, 0.4) is 0 Å². The predicted octanol–water partition coefficient (Wildman–Crippen LogP) is 0.845. The molecule has 1 atom stereocenters. The number of aromatic nitrogens is 1. The zero-order chi connectivity index (χ0) is 13.0. The van der Waals surface area contributed by atoms with E-state index in [9.17, 15) is 14.9 Å². The highest BCUT2D eigenvalue weighted by molar-refractivity contribution is 5.83. The first-order chi connectivity index (χ1) is 7.95. The minimum atomic E-state index is -0.492. The molecular weight excluding hydrogens is 224 g/mol. The Morgan fingerprint density at radius 1 is 1.53 bits per heavy atom. The van der Waals surface area contributed by atoms with Crippen LogP contribution in [-0.4, -0.2) is 28.9 Å². The van der Waals surface area contributed by atoms with E-state index in [1.54, 1.807) is 13.8 Å². The van der Waals surface area contributed by atoms with Gasteiger partial charge in [-0.2, -0.15) is 0 Å². The standard InChI is InChI=1S/C10H14N4O3/c1-6-8(14(16)17)4-5-9(12-6)13-7(2)10(15)11-3/h4-5,7H,1-3H3,(H,11,15)(H,12,13). The summed E-state index contributed by atoms with van der Waals surface area (Å²) in [5.41, 5.74) is 0.271. The van der Waals surface area contributed by atoms with E-state index >= 15 is 0 Å². The second-order valence-electron chi connectivity index (χ2n) is 3.54. The Bertz CT molecular complexity index is 447. The molecule has 0 spiro atoms. The van der Waals surface area contributed by atoms with E-state index in [1.165, 1.54) is 19.2 Å². The highest BCUT2D eigenvalue weighted by Crippen LogP contribution is 2.18. The maximum Gasteiger partial charge on any atom is 0.290 e. The Balaban J connectivity index is 2.84. The van der Waals surface area contributed by atoms with Crippen LogP contribution < -0.4 is 10.6 Å². The number of amides is 1. The van der Waals surface area contributed by atoms with Crippen LogP contribution >= 0.6 is 0 Å². The van der Waals surface area contributed by atoms with Gasteiger partial charge in [0.2, 0.25) is 5.91 Å². The van der Waals surface area contributed by atoms with Crippen LogP contribution in [0.5, 0.6) is 0 Å². The van der Waals surface area contributed by atoms with Crippen molar-refractivity contribution in [1.29, 1.82) is 0 Å². The summed E-state index contributed by atoms with van der Waals surface area (Å²) in [4.78, 5) is 25.4. The van der Waals surface area contributed by atoms with Gasteiger partial charge >= 0.3 is 0 Å². The molecule has 17 heavy (non-hydrogen) atoms. The minimum absolute atomic E-state index is 0.0388. The van der Waals surface area contributed by atoms with E-state index in [1.807, 2.05) is 0 Å². The van der Waals surface area contributed by atoms with Gasteiger partial charge in [0.25, 0.3) is 5.69 Å². The number of aryl methyl sites for hydroxylation is 1. The molecule has 0 radical (unpaired) electrons. The van der Waals surface area contributed by atoms with Gasteiger partial charge in [0.15, 0.2) is 0 Å². The molecule has 0 aliphatic rings. The van der Waals surface area contributed by atoms with E-state index < -0.39 is 11.0 Å². The molecule has 0 aliphatic carbocycles. The van der Waals surface area contributed by atoms with Crippen LogP contribution in [0.25, 0.3) is 0 Å². The molecule has 0 saturated heterocycles. The molecule has 92 valence electrons. The molecule has 1 heterocycles. The summed E-state index contributed by atoms with van der Waals surface area (Å²) >= 11 is 0. The van der Waals surface area contributed by atoms with Crippen molar-refractivity contribution >= 4 is 17.4 Å². The highest BCUT2D eigenvalue weighted by Gasteiger charge is 2.14. The van der Waals surface area contributed by atoms with Crippen LogP contribution in [-0.2, 0) is 4.79 Å². The largest absolute Gasteiger partial charge is 0.359 e. The van der Waals surface area contributed by atoms with Gasteiger partial charge in [-0.3, -0.25) is 14.9 Å². The third-order valence-corrected chi connectivity index (χ3v) is 2.26. The number of anilines is 1. The normalized spacial score (nSPS) is 11.7. The highest BCUT2D eigenvalue weighted by atomic mass is 16.6. The third-order valence-electron chi connectivity index (χ3n) is 2.26. The number of nitrogens with one attached hydrogen (secondary N) is 2. The maximum absolute atomic E-state index is 11.3. The van der Waals surface area contributed by atoms with E-state index in [4.69, 9.17) is 0 Å². The summed E-state index contributed by atoms with van der Waals surface area (Å²) in [6, 6.07) is 2.39. The van der Waals surface area contributed by atoms with Crippen molar-refractivity contribution in [3.63, 3.8) is 0 Å². The lowest BCUT2D eigenvalue weighted by Gasteiger charge is -2.12. The van der Waals surface area contributed by atoms with E-state index in [0.717, 1.165) is 0 Å². The van der Waals surface area contributed by atoms with Gasteiger partial charge < -0.3 is 10.6 Å². The Morgan fingerprint density at radius 2 is 2.18 bits per heavy atom. The fourth-order valence-corrected chi connectivity index (χ4v) is 1.33. The topological polar surface area (TPSA) is 97.2 Å². The molecule has 0 saturated carbocycles. The number of carbonyl (C=O) groups is 1. The number of pyridine rings is 1. The van der Waals surface area contributed by atoms with Gasteiger partial charge in [0.1, 0.15) is 17.6 Å². The number of likely N-dealkylation sites (N-methyl/N-ethyl adjacent to an activating group) is 1. The molecule has 0 fully saturated rings. The number of nitro groups is 1. The van der Waals surface area contributed by atoms with E-state index in [2.05, 4.69) is 15.6 Å². The molecule has 2 N–H and O–H groups in total. The summed E-state index contributed by atoms with van der Waals surface area (Å²) in [5.74, 6) is 0.256. The average Bonchev–Trinajstić information content (AvgIpc) is 2.27. The molecule has 1 amide bonds. The van der Waals surface area contributed by atoms with E-state index in [-0.39, 0.29) is 11.6 Å². The summed E-state index contributed by atoms with van der Waals surface area (Å²) in [7, 11) is 1.54. The third kappa shape index (κ3) is 3.13. The lowest BCUT2D eigenvalue weighted by molar-refractivity contribution is -0.385. The summed E-state index contributed by atoms with van der Waals surface area (Å²) in [6.07, 6.45) is 0. The first kappa shape index (κ1) is 12.9. The van der Waals surface area contributed by atoms with Gasteiger partial charge in [-0.1, -0.05) is 0 Å².